The minimum absolute atomic E-state index is 0.0799. The summed E-state index contributed by atoms with van der Waals surface area (Å²) < 4.78 is 13.4. The van der Waals surface area contributed by atoms with Crippen LogP contribution in [0.25, 0.3) is 0 Å². The van der Waals surface area contributed by atoms with Crippen LogP contribution in [0.5, 0.6) is 5.75 Å². The molecule has 5 heteroatoms. The Bertz CT molecular complexity index is 433. The van der Waals surface area contributed by atoms with Crippen LogP contribution in [0.4, 0.5) is 4.39 Å². The Morgan fingerprint density at radius 2 is 2.20 bits per heavy atom. The van der Waals surface area contributed by atoms with Crippen molar-refractivity contribution in [3.8, 4) is 5.75 Å². The Kier molecular flexibility index (Phi) is 2.31. The predicted octanol–water partition coefficient (Wildman–Crippen LogP) is 2.37. The predicted molar refractivity (Wildman–Crippen MR) is 51.6 cm³/mol. The van der Waals surface area contributed by atoms with Crippen LogP contribution >= 0.6 is 11.6 Å². The van der Waals surface area contributed by atoms with E-state index in [4.69, 9.17) is 16.7 Å². The van der Waals surface area contributed by atoms with Crippen molar-refractivity contribution in [1.29, 1.82) is 0 Å². The zero-order valence-electron chi connectivity index (χ0n) is 7.58. The summed E-state index contributed by atoms with van der Waals surface area (Å²) in [5.74, 6) is -2.74. The topological polar surface area (TPSA) is 57.5 Å². The lowest BCUT2D eigenvalue weighted by atomic mass is 10.1. The molecule has 1 fully saturated rings. The Morgan fingerprint density at radius 3 is 2.73 bits per heavy atom. The second-order valence-electron chi connectivity index (χ2n) is 3.58. The number of carboxylic acids is 1. The largest absolute Gasteiger partial charge is 0.506 e. The lowest BCUT2D eigenvalue weighted by molar-refractivity contribution is -0.138. The monoisotopic (exact) mass is 230 g/mol. The van der Waals surface area contributed by atoms with Crippen LogP contribution in [0, 0.1) is 11.7 Å². The van der Waals surface area contributed by atoms with Crippen LogP contribution in [0.3, 0.4) is 0 Å². The maximum absolute atomic E-state index is 13.4. The molecule has 0 aromatic heterocycles. The number of aromatic hydroxyl groups is 1. The first-order chi connectivity index (χ1) is 7.02. The maximum atomic E-state index is 13.4. The third-order valence-electron chi connectivity index (χ3n) is 2.58. The summed E-state index contributed by atoms with van der Waals surface area (Å²) in [7, 11) is 0. The molecule has 15 heavy (non-hydrogen) atoms. The molecule has 2 N–H and O–H groups in total. The molecule has 0 saturated heterocycles. The summed E-state index contributed by atoms with van der Waals surface area (Å²) >= 11 is 5.72. The summed E-state index contributed by atoms with van der Waals surface area (Å²) in [5, 5.41) is 17.9. The third kappa shape index (κ3) is 1.65. The van der Waals surface area contributed by atoms with Crippen LogP contribution in [0.1, 0.15) is 17.9 Å². The molecule has 1 saturated carbocycles. The highest BCUT2D eigenvalue weighted by Gasteiger charge is 2.46. The van der Waals surface area contributed by atoms with Crippen LogP contribution in [-0.4, -0.2) is 16.2 Å². The number of phenolic OH excluding ortho intramolecular Hbond substituents is 1. The summed E-state index contributed by atoms with van der Waals surface area (Å²) in [6.07, 6.45) is 0.370. The van der Waals surface area contributed by atoms with Gasteiger partial charge in [-0.25, -0.2) is 4.39 Å². The van der Waals surface area contributed by atoms with Gasteiger partial charge >= 0.3 is 5.97 Å². The molecule has 1 aromatic carbocycles. The quantitative estimate of drug-likeness (QED) is 0.820. The average Bonchev–Trinajstić information content (AvgIpc) is 2.92. The van der Waals surface area contributed by atoms with Crippen molar-refractivity contribution < 1.29 is 19.4 Å². The van der Waals surface area contributed by atoms with Crippen molar-refractivity contribution in [3.63, 3.8) is 0 Å². The number of carboxylic acid groups (broad SMARTS) is 1. The lowest BCUT2D eigenvalue weighted by Gasteiger charge is -2.05. The number of benzene rings is 1. The number of phenols is 1. The molecular formula is C10H8ClFO3. The molecule has 2 rings (SSSR count). The minimum atomic E-state index is -0.959. The fourth-order valence-electron chi connectivity index (χ4n) is 1.68. The number of hydrogen-bond donors (Lipinski definition) is 2. The van der Waals surface area contributed by atoms with Crippen molar-refractivity contribution in [1.82, 2.24) is 0 Å². The maximum Gasteiger partial charge on any atom is 0.307 e. The number of halogens is 2. The molecular weight excluding hydrogens is 223 g/mol. The van der Waals surface area contributed by atoms with E-state index in [9.17, 15) is 14.3 Å². The molecule has 0 spiro atoms. The van der Waals surface area contributed by atoms with E-state index in [0.717, 1.165) is 12.1 Å². The molecule has 1 aliphatic rings. The van der Waals surface area contributed by atoms with Gasteiger partial charge in [0.2, 0.25) is 0 Å². The molecule has 0 unspecified atom stereocenters. The van der Waals surface area contributed by atoms with E-state index in [-0.39, 0.29) is 16.3 Å². The lowest BCUT2D eigenvalue weighted by Crippen LogP contribution is -2.00. The Morgan fingerprint density at radius 1 is 1.53 bits per heavy atom. The van der Waals surface area contributed by atoms with Gasteiger partial charge in [-0.05, 0) is 18.6 Å². The van der Waals surface area contributed by atoms with E-state index in [1.54, 1.807) is 0 Å². The molecule has 1 aliphatic carbocycles. The number of rotatable bonds is 2. The zero-order valence-corrected chi connectivity index (χ0v) is 8.33. The smallest absolute Gasteiger partial charge is 0.307 e. The van der Waals surface area contributed by atoms with E-state index in [1.807, 2.05) is 0 Å². The van der Waals surface area contributed by atoms with Crippen LogP contribution in [-0.2, 0) is 4.79 Å². The van der Waals surface area contributed by atoms with Crippen molar-refractivity contribution in [2.45, 2.75) is 12.3 Å². The van der Waals surface area contributed by atoms with Gasteiger partial charge in [0.25, 0.3) is 0 Å². The second kappa shape index (κ2) is 3.38. The Balaban J connectivity index is 2.38. The molecule has 0 heterocycles. The summed E-state index contributed by atoms with van der Waals surface area (Å²) in [6, 6.07) is 2.24. The molecule has 0 radical (unpaired) electrons. The molecule has 0 aliphatic heterocycles. The first kappa shape index (κ1) is 10.2. The van der Waals surface area contributed by atoms with E-state index in [1.165, 1.54) is 0 Å². The Labute approximate surface area is 90.1 Å². The van der Waals surface area contributed by atoms with Crippen LogP contribution in [0.2, 0.25) is 5.02 Å². The highest BCUT2D eigenvalue weighted by molar-refractivity contribution is 6.32. The highest BCUT2D eigenvalue weighted by Crippen LogP contribution is 2.51. The zero-order chi connectivity index (χ0) is 11.2. The van der Waals surface area contributed by atoms with E-state index >= 15 is 0 Å². The summed E-state index contributed by atoms with van der Waals surface area (Å²) in [6.45, 7) is 0. The third-order valence-corrected chi connectivity index (χ3v) is 2.98. The number of hydrogen-bond acceptors (Lipinski definition) is 2. The summed E-state index contributed by atoms with van der Waals surface area (Å²) in [5.41, 5.74) is 0.115. The van der Waals surface area contributed by atoms with Gasteiger partial charge in [0.05, 0.1) is 10.9 Å². The average molecular weight is 231 g/mol. The SMILES string of the molecule is O=C(O)[C@@H]1C[C@@H]1c1c(F)ccc(O)c1Cl. The first-order valence-corrected chi connectivity index (χ1v) is 4.80. The fourth-order valence-corrected chi connectivity index (χ4v) is 1.98. The Hall–Kier alpha value is -1.29. The van der Waals surface area contributed by atoms with Gasteiger partial charge in [-0.2, -0.15) is 0 Å². The normalized spacial score (nSPS) is 23.9. The first-order valence-electron chi connectivity index (χ1n) is 4.42. The van der Waals surface area contributed by atoms with Crippen LogP contribution < -0.4 is 0 Å². The van der Waals surface area contributed by atoms with Gasteiger partial charge in [0, 0.05) is 11.5 Å². The fraction of sp³-hybridized carbons (Fsp3) is 0.300. The van der Waals surface area contributed by atoms with E-state index in [2.05, 4.69) is 0 Å². The number of aliphatic carboxylic acids is 1. The second-order valence-corrected chi connectivity index (χ2v) is 3.96. The highest BCUT2D eigenvalue weighted by atomic mass is 35.5. The van der Waals surface area contributed by atoms with Crippen molar-refractivity contribution in [2.75, 3.05) is 0 Å². The molecule has 0 bridgehead atoms. The van der Waals surface area contributed by atoms with E-state index in [0.29, 0.717) is 6.42 Å². The van der Waals surface area contributed by atoms with Gasteiger partial charge in [-0.3, -0.25) is 4.79 Å². The van der Waals surface area contributed by atoms with Gasteiger partial charge in [0.1, 0.15) is 11.6 Å². The number of carbonyl (C=O) groups is 1. The van der Waals surface area contributed by atoms with Gasteiger partial charge in [-0.1, -0.05) is 11.6 Å². The van der Waals surface area contributed by atoms with Gasteiger partial charge in [-0.15, -0.1) is 0 Å². The van der Waals surface area contributed by atoms with E-state index < -0.39 is 23.6 Å². The molecule has 0 amide bonds. The molecule has 2 atom stereocenters. The molecule has 3 nitrogen and oxygen atoms in total. The van der Waals surface area contributed by atoms with Gasteiger partial charge < -0.3 is 10.2 Å². The molecule has 1 aromatic rings. The van der Waals surface area contributed by atoms with Gasteiger partial charge in [0.15, 0.2) is 0 Å². The van der Waals surface area contributed by atoms with Crippen molar-refractivity contribution in [2.24, 2.45) is 5.92 Å². The molecule has 80 valence electrons. The van der Waals surface area contributed by atoms with Crippen molar-refractivity contribution >= 4 is 17.6 Å². The summed E-state index contributed by atoms with van der Waals surface area (Å²) in [4.78, 5) is 10.6. The minimum Gasteiger partial charge on any atom is -0.506 e. The van der Waals surface area contributed by atoms with Crippen molar-refractivity contribution in [3.05, 3.63) is 28.5 Å². The standard InChI is InChI=1S/C10H8ClFO3/c11-9-7(13)2-1-6(12)8(9)4-3-5(4)10(14)15/h1-2,4-5,13H,3H2,(H,14,15)/t4-,5+/m0/s1. The van der Waals surface area contributed by atoms with Crippen LogP contribution in [0.15, 0.2) is 12.1 Å².